The number of likely N-dealkylation sites (N-methyl/N-ethyl adjacent to an activating group) is 1. The maximum atomic E-state index is 11.7. The molecule has 6 heteroatoms. The third kappa shape index (κ3) is 14.5. The van der Waals surface area contributed by atoms with Gasteiger partial charge in [-0.15, -0.1) is 0 Å². The fourth-order valence-electron chi connectivity index (χ4n) is 2.25. The molecule has 0 radical (unpaired) electrons. The number of ether oxygens (including phenoxy) is 2. The van der Waals surface area contributed by atoms with E-state index in [1.807, 2.05) is 0 Å². The molecule has 6 nitrogen and oxygen atoms in total. The average molecular weight is 343 g/mol. The van der Waals surface area contributed by atoms with E-state index < -0.39 is 0 Å². The van der Waals surface area contributed by atoms with Crippen molar-refractivity contribution < 1.29 is 23.9 Å². The Morgan fingerprint density at radius 2 is 1.46 bits per heavy atom. The molecule has 0 fully saturated rings. The Balaban J connectivity index is 3.38. The minimum Gasteiger partial charge on any atom is -0.379 e. The summed E-state index contributed by atoms with van der Waals surface area (Å²) in [6.07, 6.45) is 5.03. The molecule has 0 saturated heterocycles. The number of ketones is 3. The molecule has 0 spiro atoms. The summed E-state index contributed by atoms with van der Waals surface area (Å²) in [5, 5.41) is 3.00. The van der Waals surface area contributed by atoms with Crippen molar-refractivity contribution in [2.45, 2.75) is 64.8 Å². The number of hydrogen-bond donors (Lipinski definition) is 1. The molecule has 0 aliphatic rings. The molecule has 1 atom stereocenters. The molecule has 1 unspecified atom stereocenters. The molecule has 0 aromatic rings. The van der Waals surface area contributed by atoms with Gasteiger partial charge in [-0.1, -0.05) is 12.8 Å². The van der Waals surface area contributed by atoms with E-state index in [0.717, 1.165) is 25.7 Å². The van der Waals surface area contributed by atoms with Gasteiger partial charge in [-0.2, -0.15) is 0 Å². The van der Waals surface area contributed by atoms with E-state index in [1.54, 1.807) is 14.0 Å². The lowest BCUT2D eigenvalue weighted by atomic mass is 10.0. The van der Waals surface area contributed by atoms with Crippen molar-refractivity contribution in [3.05, 3.63) is 0 Å². The van der Waals surface area contributed by atoms with Crippen molar-refractivity contribution in [3.63, 3.8) is 0 Å². The van der Waals surface area contributed by atoms with E-state index in [1.165, 1.54) is 6.92 Å². The zero-order chi connectivity index (χ0) is 18.2. The lowest BCUT2D eigenvalue weighted by Crippen LogP contribution is -2.32. The van der Waals surface area contributed by atoms with Crippen molar-refractivity contribution in [2.75, 3.05) is 33.5 Å². The molecule has 0 saturated carbocycles. The standard InChI is InChI=1S/C18H33NO5/c1-15(20)9-11-23-13-14-24-12-10-17(22)7-5-4-6-8-18(19-3)16(2)21/h18-19H,4-14H2,1-3H3. The first kappa shape index (κ1) is 22.9. The number of hydrogen-bond acceptors (Lipinski definition) is 6. The predicted molar refractivity (Wildman–Crippen MR) is 93.2 cm³/mol. The molecular weight excluding hydrogens is 310 g/mol. The third-order valence-electron chi connectivity index (χ3n) is 3.78. The molecule has 0 heterocycles. The summed E-state index contributed by atoms with van der Waals surface area (Å²) in [6, 6.07) is -0.0632. The summed E-state index contributed by atoms with van der Waals surface area (Å²) in [6.45, 7) is 4.87. The highest BCUT2D eigenvalue weighted by Crippen LogP contribution is 2.08. The van der Waals surface area contributed by atoms with Crippen LogP contribution in [0.2, 0.25) is 0 Å². The van der Waals surface area contributed by atoms with Crippen LogP contribution < -0.4 is 5.32 Å². The van der Waals surface area contributed by atoms with E-state index in [2.05, 4.69) is 5.32 Å². The lowest BCUT2D eigenvalue weighted by molar-refractivity contribution is -0.121. The van der Waals surface area contributed by atoms with Gasteiger partial charge in [-0.3, -0.25) is 14.4 Å². The highest BCUT2D eigenvalue weighted by molar-refractivity contribution is 5.81. The van der Waals surface area contributed by atoms with Crippen LogP contribution in [0.5, 0.6) is 0 Å². The minimum absolute atomic E-state index is 0.0632. The normalized spacial score (nSPS) is 12.1. The monoisotopic (exact) mass is 343 g/mol. The Morgan fingerprint density at radius 3 is 2.00 bits per heavy atom. The first-order valence-electron chi connectivity index (χ1n) is 8.81. The zero-order valence-electron chi connectivity index (χ0n) is 15.4. The van der Waals surface area contributed by atoms with E-state index >= 15 is 0 Å². The minimum atomic E-state index is -0.0632. The summed E-state index contributed by atoms with van der Waals surface area (Å²) in [5.41, 5.74) is 0. The van der Waals surface area contributed by atoms with Gasteiger partial charge in [-0.25, -0.2) is 0 Å². The number of rotatable bonds is 17. The van der Waals surface area contributed by atoms with Gasteiger partial charge in [-0.05, 0) is 33.7 Å². The van der Waals surface area contributed by atoms with Crippen LogP contribution in [0.4, 0.5) is 0 Å². The Bertz CT molecular complexity index is 370. The molecular formula is C18H33NO5. The fraction of sp³-hybridized carbons (Fsp3) is 0.833. The summed E-state index contributed by atoms with van der Waals surface area (Å²) in [7, 11) is 1.80. The maximum Gasteiger partial charge on any atom is 0.146 e. The summed E-state index contributed by atoms with van der Waals surface area (Å²) >= 11 is 0. The van der Waals surface area contributed by atoms with E-state index in [0.29, 0.717) is 45.7 Å². The second-order valence-electron chi connectivity index (χ2n) is 6.02. The van der Waals surface area contributed by atoms with Gasteiger partial charge in [0.25, 0.3) is 0 Å². The van der Waals surface area contributed by atoms with Gasteiger partial charge < -0.3 is 14.8 Å². The molecule has 0 bridgehead atoms. The van der Waals surface area contributed by atoms with Crippen molar-refractivity contribution in [1.29, 1.82) is 0 Å². The van der Waals surface area contributed by atoms with Gasteiger partial charge in [0.15, 0.2) is 0 Å². The number of carbonyl (C=O) groups is 3. The van der Waals surface area contributed by atoms with Crippen LogP contribution in [0.3, 0.4) is 0 Å². The Morgan fingerprint density at radius 1 is 0.833 bits per heavy atom. The SMILES string of the molecule is CNC(CCCCCC(=O)CCOCCOCCC(C)=O)C(C)=O. The summed E-state index contributed by atoms with van der Waals surface area (Å²) in [4.78, 5) is 33.6. The second kappa shape index (κ2) is 15.4. The third-order valence-corrected chi connectivity index (χ3v) is 3.78. The molecule has 0 aliphatic carbocycles. The lowest BCUT2D eigenvalue weighted by Gasteiger charge is -2.11. The molecule has 0 aliphatic heterocycles. The van der Waals surface area contributed by atoms with Crippen molar-refractivity contribution in [3.8, 4) is 0 Å². The van der Waals surface area contributed by atoms with Gasteiger partial charge in [0.2, 0.25) is 0 Å². The van der Waals surface area contributed by atoms with E-state index in [-0.39, 0.29) is 23.4 Å². The van der Waals surface area contributed by atoms with Crippen LogP contribution >= 0.6 is 0 Å². The first-order valence-corrected chi connectivity index (χ1v) is 8.81. The largest absolute Gasteiger partial charge is 0.379 e. The number of carbonyl (C=O) groups excluding carboxylic acids is 3. The molecule has 0 aromatic heterocycles. The van der Waals surface area contributed by atoms with Gasteiger partial charge in [0.05, 0.1) is 32.5 Å². The molecule has 140 valence electrons. The summed E-state index contributed by atoms with van der Waals surface area (Å²) in [5.74, 6) is 0.490. The Hall–Kier alpha value is -1.11. The summed E-state index contributed by atoms with van der Waals surface area (Å²) < 4.78 is 10.6. The quantitative estimate of drug-likeness (QED) is 0.407. The highest BCUT2D eigenvalue weighted by Gasteiger charge is 2.10. The van der Waals surface area contributed by atoms with Gasteiger partial charge in [0.1, 0.15) is 17.3 Å². The van der Waals surface area contributed by atoms with Crippen LogP contribution in [0.25, 0.3) is 0 Å². The molecule has 24 heavy (non-hydrogen) atoms. The smallest absolute Gasteiger partial charge is 0.146 e. The Kier molecular flexibility index (Phi) is 14.7. The number of unbranched alkanes of at least 4 members (excludes halogenated alkanes) is 2. The molecule has 1 N–H and O–H groups in total. The number of nitrogens with one attached hydrogen (secondary N) is 1. The predicted octanol–water partition coefficient (Wildman–Crippen LogP) is 2.09. The second-order valence-corrected chi connectivity index (χ2v) is 6.02. The van der Waals surface area contributed by atoms with Crippen LogP contribution in [-0.2, 0) is 23.9 Å². The number of Topliss-reactive ketones (excluding diaryl/α,β-unsaturated/α-hetero) is 3. The van der Waals surface area contributed by atoms with Crippen molar-refractivity contribution in [2.24, 2.45) is 0 Å². The van der Waals surface area contributed by atoms with Gasteiger partial charge in [0, 0.05) is 19.3 Å². The zero-order valence-corrected chi connectivity index (χ0v) is 15.4. The maximum absolute atomic E-state index is 11.7. The Labute approximate surface area is 145 Å². The first-order chi connectivity index (χ1) is 11.5. The van der Waals surface area contributed by atoms with Gasteiger partial charge >= 0.3 is 0 Å². The highest BCUT2D eigenvalue weighted by atomic mass is 16.5. The fourth-order valence-corrected chi connectivity index (χ4v) is 2.25. The molecule has 0 rings (SSSR count). The van der Waals surface area contributed by atoms with Crippen LogP contribution in [0.15, 0.2) is 0 Å². The van der Waals surface area contributed by atoms with Crippen molar-refractivity contribution in [1.82, 2.24) is 5.32 Å². The molecule has 0 amide bonds. The van der Waals surface area contributed by atoms with Crippen LogP contribution in [0, 0.1) is 0 Å². The van der Waals surface area contributed by atoms with Crippen LogP contribution in [-0.4, -0.2) is 56.9 Å². The topological polar surface area (TPSA) is 81.7 Å². The van der Waals surface area contributed by atoms with Crippen LogP contribution in [0.1, 0.15) is 58.8 Å². The average Bonchev–Trinajstić information content (AvgIpc) is 2.52. The van der Waals surface area contributed by atoms with Crippen molar-refractivity contribution >= 4 is 17.3 Å². The van der Waals surface area contributed by atoms with E-state index in [9.17, 15) is 14.4 Å². The van der Waals surface area contributed by atoms with E-state index in [4.69, 9.17) is 9.47 Å². The molecule has 0 aromatic carbocycles.